The number of aromatic nitrogens is 1. The lowest BCUT2D eigenvalue weighted by molar-refractivity contribution is 0.0950. The molecule has 1 aromatic heterocycles. The fourth-order valence-electron chi connectivity index (χ4n) is 3.03. The SMILES string of the molecule is O=C(N/N=C\c1ccc(OCc2ccccc2)c(OCc2ccccc2)c1)c1ccccn1. The molecule has 0 saturated carbocycles. The van der Waals surface area contributed by atoms with Crippen LogP contribution in [0.5, 0.6) is 11.5 Å². The highest BCUT2D eigenvalue weighted by Crippen LogP contribution is 2.29. The lowest BCUT2D eigenvalue weighted by atomic mass is 10.2. The first kappa shape index (κ1) is 21.8. The lowest BCUT2D eigenvalue weighted by Crippen LogP contribution is -2.18. The second-order valence-corrected chi connectivity index (χ2v) is 7.17. The summed E-state index contributed by atoms with van der Waals surface area (Å²) in [5, 5.41) is 4.04. The molecular weight excluding hydrogens is 414 g/mol. The van der Waals surface area contributed by atoms with Crippen LogP contribution in [0.25, 0.3) is 0 Å². The van der Waals surface area contributed by atoms with E-state index in [1.54, 1.807) is 30.6 Å². The largest absolute Gasteiger partial charge is 0.485 e. The standard InChI is InChI=1S/C27H23N3O3/c31-27(24-13-7-8-16-28-24)30-29-18-23-14-15-25(32-19-21-9-3-1-4-10-21)26(17-23)33-20-22-11-5-2-6-12-22/h1-18H,19-20H2,(H,30,31)/b29-18-. The van der Waals surface area contributed by atoms with E-state index in [2.05, 4.69) is 15.5 Å². The van der Waals surface area contributed by atoms with Crippen molar-refractivity contribution >= 4 is 12.1 Å². The molecule has 0 aliphatic rings. The van der Waals surface area contributed by atoms with Crippen LogP contribution in [0.15, 0.2) is 108 Å². The maximum Gasteiger partial charge on any atom is 0.289 e. The van der Waals surface area contributed by atoms with E-state index >= 15 is 0 Å². The highest BCUT2D eigenvalue weighted by molar-refractivity contribution is 5.93. The van der Waals surface area contributed by atoms with Gasteiger partial charge in [-0.05, 0) is 47.0 Å². The molecule has 0 aliphatic carbocycles. The highest BCUT2D eigenvalue weighted by Gasteiger charge is 2.08. The van der Waals surface area contributed by atoms with Crippen LogP contribution in [0.3, 0.4) is 0 Å². The number of hydrazone groups is 1. The minimum atomic E-state index is -0.379. The number of hydrogen-bond acceptors (Lipinski definition) is 5. The molecule has 6 heteroatoms. The van der Waals surface area contributed by atoms with Crippen molar-refractivity contribution in [2.45, 2.75) is 13.2 Å². The number of amides is 1. The van der Waals surface area contributed by atoms with Gasteiger partial charge in [-0.2, -0.15) is 5.10 Å². The molecule has 164 valence electrons. The zero-order valence-electron chi connectivity index (χ0n) is 17.9. The number of carbonyl (C=O) groups is 1. The van der Waals surface area contributed by atoms with Gasteiger partial charge in [-0.1, -0.05) is 66.7 Å². The Morgan fingerprint density at radius 1 is 0.788 bits per heavy atom. The molecule has 4 aromatic rings. The predicted molar refractivity (Wildman–Crippen MR) is 127 cm³/mol. The first-order valence-electron chi connectivity index (χ1n) is 10.5. The van der Waals surface area contributed by atoms with E-state index in [-0.39, 0.29) is 5.91 Å². The van der Waals surface area contributed by atoms with Crippen LogP contribution in [-0.2, 0) is 13.2 Å². The molecule has 0 radical (unpaired) electrons. The van der Waals surface area contributed by atoms with Gasteiger partial charge in [0.15, 0.2) is 11.5 Å². The zero-order valence-corrected chi connectivity index (χ0v) is 17.9. The molecule has 4 rings (SSSR count). The molecule has 0 atom stereocenters. The third-order valence-electron chi connectivity index (χ3n) is 4.72. The number of benzene rings is 3. The summed E-state index contributed by atoms with van der Waals surface area (Å²) in [6.45, 7) is 0.829. The Labute approximate surface area is 192 Å². The summed E-state index contributed by atoms with van der Waals surface area (Å²) in [6.07, 6.45) is 3.11. The molecule has 0 saturated heterocycles. The van der Waals surface area contributed by atoms with E-state index < -0.39 is 0 Å². The lowest BCUT2D eigenvalue weighted by Gasteiger charge is -2.14. The Bertz CT molecular complexity index is 1200. The normalized spacial score (nSPS) is 10.7. The number of pyridine rings is 1. The fraction of sp³-hybridized carbons (Fsp3) is 0.0741. The number of carbonyl (C=O) groups excluding carboxylic acids is 1. The minimum absolute atomic E-state index is 0.297. The molecule has 1 amide bonds. The molecule has 33 heavy (non-hydrogen) atoms. The van der Waals surface area contributed by atoms with Crippen LogP contribution in [0.1, 0.15) is 27.2 Å². The summed E-state index contributed by atoms with van der Waals surface area (Å²) < 4.78 is 12.1. The molecule has 6 nitrogen and oxygen atoms in total. The predicted octanol–water partition coefficient (Wildman–Crippen LogP) is 5.00. The average molecular weight is 437 g/mol. The Morgan fingerprint density at radius 3 is 2.06 bits per heavy atom. The molecule has 0 spiro atoms. The van der Waals surface area contributed by atoms with Crippen molar-refractivity contribution in [1.29, 1.82) is 0 Å². The zero-order chi connectivity index (χ0) is 22.7. The van der Waals surface area contributed by atoms with Crippen LogP contribution in [0, 0.1) is 0 Å². The molecule has 1 heterocycles. The highest BCUT2D eigenvalue weighted by atomic mass is 16.5. The van der Waals surface area contributed by atoms with E-state index in [9.17, 15) is 4.79 Å². The first-order chi connectivity index (χ1) is 16.3. The topological polar surface area (TPSA) is 72.8 Å². The Kier molecular flexibility index (Phi) is 7.42. The average Bonchev–Trinajstić information content (AvgIpc) is 2.88. The van der Waals surface area contributed by atoms with Crippen molar-refractivity contribution in [3.63, 3.8) is 0 Å². The van der Waals surface area contributed by atoms with E-state index in [0.29, 0.717) is 30.4 Å². The van der Waals surface area contributed by atoms with Crippen molar-refractivity contribution in [2.75, 3.05) is 0 Å². The number of nitrogens with zero attached hydrogens (tertiary/aromatic N) is 2. The van der Waals surface area contributed by atoms with Gasteiger partial charge in [0.2, 0.25) is 0 Å². The smallest absolute Gasteiger partial charge is 0.289 e. The van der Waals surface area contributed by atoms with Crippen molar-refractivity contribution in [3.05, 3.63) is 126 Å². The van der Waals surface area contributed by atoms with Gasteiger partial charge in [0.25, 0.3) is 5.91 Å². The summed E-state index contributed by atoms with van der Waals surface area (Å²) in [6, 6.07) is 30.5. The summed E-state index contributed by atoms with van der Waals surface area (Å²) in [5.41, 5.74) is 5.65. The van der Waals surface area contributed by atoms with E-state index in [1.807, 2.05) is 78.9 Å². The van der Waals surface area contributed by atoms with Gasteiger partial charge in [0, 0.05) is 6.20 Å². The van der Waals surface area contributed by atoms with Crippen LogP contribution < -0.4 is 14.9 Å². The van der Waals surface area contributed by atoms with Gasteiger partial charge >= 0.3 is 0 Å². The second-order valence-electron chi connectivity index (χ2n) is 7.17. The van der Waals surface area contributed by atoms with Crippen LogP contribution in [0.2, 0.25) is 0 Å². The maximum atomic E-state index is 12.1. The summed E-state index contributed by atoms with van der Waals surface area (Å²) in [5.74, 6) is 0.842. The van der Waals surface area contributed by atoms with E-state index in [0.717, 1.165) is 16.7 Å². The van der Waals surface area contributed by atoms with Crippen molar-refractivity contribution < 1.29 is 14.3 Å². The Morgan fingerprint density at radius 2 is 1.42 bits per heavy atom. The Hall–Kier alpha value is -4.45. The quantitative estimate of drug-likeness (QED) is 0.295. The minimum Gasteiger partial charge on any atom is -0.485 e. The molecular formula is C27H23N3O3. The van der Waals surface area contributed by atoms with Gasteiger partial charge in [0.05, 0.1) is 6.21 Å². The molecule has 1 N–H and O–H groups in total. The van der Waals surface area contributed by atoms with Crippen LogP contribution >= 0.6 is 0 Å². The van der Waals surface area contributed by atoms with Gasteiger partial charge in [-0.3, -0.25) is 9.78 Å². The van der Waals surface area contributed by atoms with E-state index in [4.69, 9.17) is 9.47 Å². The third kappa shape index (κ3) is 6.51. The summed E-state index contributed by atoms with van der Waals surface area (Å²) in [7, 11) is 0. The third-order valence-corrected chi connectivity index (χ3v) is 4.72. The Balaban J connectivity index is 1.47. The van der Waals surface area contributed by atoms with E-state index in [1.165, 1.54) is 0 Å². The molecule has 3 aromatic carbocycles. The van der Waals surface area contributed by atoms with Crippen molar-refractivity contribution in [3.8, 4) is 11.5 Å². The monoisotopic (exact) mass is 437 g/mol. The van der Waals surface area contributed by atoms with Gasteiger partial charge in [0.1, 0.15) is 18.9 Å². The summed E-state index contributed by atoms with van der Waals surface area (Å²) >= 11 is 0. The second kappa shape index (κ2) is 11.2. The maximum absolute atomic E-state index is 12.1. The molecule has 0 aliphatic heterocycles. The molecule has 0 bridgehead atoms. The number of nitrogens with one attached hydrogen (secondary N) is 1. The first-order valence-corrected chi connectivity index (χ1v) is 10.5. The number of hydrogen-bond donors (Lipinski definition) is 1. The van der Waals surface area contributed by atoms with Gasteiger partial charge < -0.3 is 9.47 Å². The molecule has 0 fully saturated rings. The van der Waals surface area contributed by atoms with Gasteiger partial charge in [-0.25, -0.2) is 5.43 Å². The number of rotatable bonds is 9. The van der Waals surface area contributed by atoms with Crippen molar-refractivity contribution in [2.24, 2.45) is 5.10 Å². The summed E-state index contributed by atoms with van der Waals surface area (Å²) in [4.78, 5) is 16.1. The molecule has 0 unspecified atom stereocenters. The number of ether oxygens (including phenoxy) is 2. The van der Waals surface area contributed by atoms with Crippen LogP contribution in [-0.4, -0.2) is 17.1 Å². The fourth-order valence-corrected chi connectivity index (χ4v) is 3.03. The van der Waals surface area contributed by atoms with Crippen molar-refractivity contribution in [1.82, 2.24) is 10.4 Å². The van der Waals surface area contributed by atoms with Crippen LogP contribution in [0.4, 0.5) is 0 Å². The van der Waals surface area contributed by atoms with Gasteiger partial charge in [-0.15, -0.1) is 0 Å².